The number of hydrogen-bond donors (Lipinski definition) is 1. The molecule has 0 saturated carbocycles. The van der Waals surface area contributed by atoms with Gasteiger partial charge in [0.25, 0.3) is 0 Å². The van der Waals surface area contributed by atoms with Gasteiger partial charge in [-0.2, -0.15) is 0 Å². The largest absolute Gasteiger partial charge is 0.478 e. The maximum atomic E-state index is 11.2. The zero-order valence-corrected chi connectivity index (χ0v) is 12.7. The fourth-order valence-electron chi connectivity index (χ4n) is 2.44. The molecule has 3 rings (SSSR count). The first kappa shape index (κ1) is 13.8. The number of thiophene rings is 1. The fourth-order valence-corrected chi connectivity index (χ4v) is 3.13. The number of imidazole rings is 1. The number of aromatic nitrogens is 2. The van der Waals surface area contributed by atoms with Gasteiger partial charge in [0.05, 0.1) is 23.1 Å². The van der Waals surface area contributed by atoms with Crippen molar-refractivity contribution in [3.8, 4) is 0 Å². The Bertz CT molecular complexity index is 788. The highest BCUT2D eigenvalue weighted by atomic mass is 32.1. The lowest BCUT2D eigenvalue weighted by molar-refractivity contribution is 0.0697. The summed E-state index contributed by atoms with van der Waals surface area (Å²) in [4.78, 5) is 17.1. The summed E-state index contributed by atoms with van der Waals surface area (Å²) >= 11 is 1.70. The Morgan fingerprint density at radius 2 is 2.19 bits per heavy atom. The summed E-state index contributed by atoms with van der Waals surface area (Å²) in [5, 5.41) is 11.2. The van der Waals surface area contributed by atoms with Gasteiger partial charge in [-0.1, -0.05) is 19.9 Å². The van der Waals surface area contributed by atoms with Gasteiger partial charge in [0.15, 0.2) is 0 Å². The van der Waals surface area contributed by atoms with Crippen LogP contribution in [0.2, 0.25) is 0 Å². The lowest BCUT2D eigenvalue weighted by atomic mass is 10.2. The van der Waals surface area contributed by atoms with Crippen LogP contribution in [0.5, 0.6) is 0 Å². The second kappa shape index (κ2) is 5.33. The fraction of sp³-hybridized carbons (Fsp3) is 0.250. The van der Waals surface area contributed by atoms with Crippen LogP contribution in [0.4, 0.5) is 0 Å². The van der Waals surface area contributed by atoms with Crippen molar-refractivity contribution in [3.63, 3.8) is 0 Å². The van der Waals surface area contributed by atoms with Crippen LogP contribution < -0.4 is 0 Å². The molecule has 0 aliphatic carbocycles. The molecule has 0 fully saturated rings. The standard InChI is InChI=1S/C16H16N2O2S/c1-10(2)15-17-13-6-5-11(16(19)20)8-14(13)18(15)9-12-4-3-7-21-12/h3-8,10H,9H2,1-2H3,(H,19,20). The molecule has 0 unspecified atom stereocenters. The topological polar surface area (TPSA) is 55.1 Å². The third-order valence-corrected chi connectivity index (χ3v) is 4.30. The van der Waals surface area contributed by atoms with Gasteiger partial charge < -0.3 is 9.67 Å². The van der Waals surface area contributed by atoms with Crippen LogP contribution in [0.3, 0.4) is 0 Å². The van der Waals surface area contributed by atoms with E-state index in [0.717, 1.165) is 23.4 Å². The van der Waals surface area contributed by atoms with Crippen LogP contribution in [0.1, 0.15) is 40.8 Å². The van der Waals surface area contributed by atoms with E-state index in [1.165, 1.54) is 4.88 Å². The molecule has 108 valence electrons. The number of hydrogen-bond acceptors (Lipinski definition) is 3. The van der Waals surface area contributed by atoms with Gasteiger partial charge in [0, 0.05) is 10.8 Å². The predicted octanol–water partition coefficient (Wildman–Crippen LogP) is 3.97. The number of aromatic carboxylic acids is 1. The van der Waals surface area contributed by atoms with Crippen LogP contribution in [0, 0.1) is 0 Å². The minimum atomic E-state index is -0.910. The molecule has 0 atom stereocenters. The summed E-state index contributed by atoms with van der Waals surface area (Å²) < 4.78 is 2.12. The number of carboxylic acids is 1. The van der Waals surface area contributed by atoms with Crippen molar-refractivity contribution in [2.45, 2.75) is 26.3 Å². The molecule has 3 aromatic rings. The predicted molar refractivity (Wildman–Crippen MR) is 84.2 cm³/mol. The summed E-state index contributed by atoms with van der Waals surface area (Å²) in [5.74, 6) is 0.360. The number of carboxylic acid groups (broad SMARTS) is 1. The maximum absolute atomic E-state index is 11.2. The van der Waals surface area contributed by atoms with E-state index in [0.29, 0.717) is 5.56 Å². The van der Waals surface area contributed by atoms with Gasteiger partial charge in [-0.3, -0.25) is 0 Å². The highest BCUT2D eigenvalue weighted by molar-refractivity contribution is 7.09. The lowest BCUT2D eigenvalue weighted by Crippen LogP contribution is -2.06. The zero-order chi connectivity index (χ0) is 15.0. The number of fused-ring (bicyclic) bond motifs is 1. The highest BCUT2D eigenvalue weighted by Crippen LogP contribution is 2.25. The van der Waals surface area contributed by atoms with Gasteiger partial charge in [-0.15, -0.1) is 11.3 Å². The summed E-state index contributed by atoms with van der Waals surface area (Å²) in [5.41, 5.74) is 2.03. The van der Waals surface area contributed by atoms with Crippen molar-refractivity contribution >= 4 is 28.3 Å². The van der Waals surface area contributed by atoms with Crippen LogP contribution in [-0.4, -0.2) is 20.6 Å². The van der Waals surface area contributed by atoms with E-state index in [4.69, 9.17) is 0 Å². The molecule has 0 aliphatic rings. The first-order valence-corrected chi connectivity index (χ1v) is 7.70. The Morgan fingerprint density at radius 3 is 2.81 bits per heavy atom. The maximum Gasteiger partial charge on any atom is 0.335 e. The van der Waals surface area contributed by atoms with Gasteiger partial charge in [0.2, 0.25) is 0 Å². The SMILES string of the molecule is CC(C)c1nc2ccc(C(=O)O)cc2n1Cc1cccs1. The Hall–Kier alpha value is -2.14. The van der Waals surface area contributed by atoms with E-state index in [1.807, 2.05) is 11.4 Å². The molecule has 0 aliphatic heterocycles. The summed E-state index contributed by atoms with van der Waals surface area (Å²) in [6, 6.07) is 9.22. The van der Waals surface area contributed by atoms with Crippen molar-refractivity contribution in [2.24, 2.45) is 0 Å². The van der Waals surface area contributed by atoms with E-state index < -0.39 is 5.97 Å². The minimum absolute atomic E-state index is 0.283. The first-order chi connectivity index (χ1) is 10.1. The zero-order valence-electron chi connectivity index (χ0n) is 11.9. The van der Waals surface area contributed by atoms with Crippen LogP contribution in [0.15, 0.2) is 35.7 Å². The molecule has 0 bridgehead atoms. The van der Waals surface area contributed by atoms with E-state index >= 15 is 0 Å². The smallest absolute Gasteiger partial charge is 0.335 e. The van der Waals surface area contributed by atoms with Gasteiger partial charge >= 0.3 is 5.97 Å². The summed E-state index contributed by atoms with van der Waals surface area (Å²) in [6.45, 7) is 4.93. The van der Waals surface area contributed by atoms with Crippen LogP contribution in [-0.2, 0) is 6.54 Å². The average Bonchev–Trinajstić information content (AvgIpc) is 3.06. The molecule has 1 aromatic carbocycles. The number of rotatable bonds is 4. The molecule has 4 nitrogen and oxygen atoms in total. The first-order valence-electron chi connectivity index (χ1n) is 6.82. The quantitative estimate of drug-likeness (QED) is 0.793. The average molecular weight is 300 g/mol. The molecule has 0 radical (unpaired) electrons. The van der Waals surface area contributed by atoms with Crippen molar-refractivity contribution < 1.29 is 9.90 Å². The molecule has 2 heterocycles. The molecular weight excluding hydrogens is 284 g/mol. The lowest BCUT2D eigenvalue weighted by Gasteiger charge is -2.10. The third-order valence-electron chi connectivity index (χ3n) is 3.44. The molecule has 5 heteroatoms. The Morgan fingerprint density at radius 1 is 1.38 bits per heavy atom. The van der Waals surface area contributed by atoms with Gasteiger partial charge in [-0.25, -0.2) is 9.78 Å². The van der Waals surface area contributed by atoms with Crippen molar-refractivity contribution in [3.05, 3.63) is 52.0 Å². The second-order valence-electron chi connectivity index (χ2n) is 5.30. The Labute approximate surface area is 126 Å². The minimum Gasteiger partial charge on any atom is -0.478 e. The van der Waals surface area contributed by atoms with Crippen molar-refractivity contribution in [1.29, 1.82) is 0 Å². The normalized spacial score (nSPS) is 11.4. The molecular formula is C16H16N2O2S. The van der Waals surface area contributed by atoms with E-state index in [-0.39, 0.29) is 5.92 Å². The molecule has 1 N–H and O–H groups in total. The van der Waals surface area contributed by atoms with Crippen LogP contribution in [0.25, 0.3) is 11.0 Å². The van der Waals surface area contributed by atoms with Crippen LogP contribution >= 0.6 is 11.3 Å². The van der Waals surface area contributed by atoms with Crippen molar-refractivity contribution in [2.75, 3.05) is 0 Å². The Balaban J connectivity index is 2.18. The Kier molecular flexibility index (Phi) is 3.51. The monoisotopic (exact) mass is 300 g/mol. The molecule has 0 amide bonds. The second-order valence-corrected chi connectivity index (χ2v) is 6.33. The van der Waals surface area contributed by atoms with E-state index in [9.17, 15) is 9.90 Å². The molecule has 21 heavy (non-hydrogen) atoms. The van der Waals surface area contributed by atoms with E-state index in [2.05, 4.69) is 29.5 Å². The number of carbonyl (C=O) groups is 1. The number of benzene rings is 1. The summed E-state index contributed by atoms with van der Waals surface area (Å²) in [7, 11) is 0. The van der Waals surface area contributed by atoms with Gasteiger partial charge in [-0.05, 0) is 29.6 Å². The molecule has 0 saturated heterocycles. The molecule has 0 spiro atoms. The summed E-state index contributed by atoms with van der Waals surface area (Å²) in [6.07, 6.45) is 0. The van der Waals surface area contributed by atoms with E-state index in [1.54, 1.807) is 29.5 Å². The highest BCUT2D eigenvalue weighted by Gasteiger charge is 2.16. The van der Waals surface area contributed by atoms with Gasteiger partial charge in [0.1, 0.15) is 5.82 Å². The van der Waals surface area contributed by atoms with Crippen molar-refractivity contribution in [1.82, 2.24) is 9.55 Å². The third kappa shape index (κ3) is 2.56. The molecule has 2 aromatic heterocycles. The number of nitrogens with zero attached hydrogens (tertiary/aromatic N) is 2.